The van der Waals surface area contributed by atoms with Crippen LogP contribution < -0.4 is 5.32 Å². The van der Waals surface area contributed by atoms with Gasteiger partial charge in [0.1, 0.15) is 0 Å². The molecule has 1 rings (SSSR count). The minimum absolute atomic E-state index is 0.0468. The molecule has 2 N–H and O–H groups in total. The summed E-state index contributed by atoms with van der Waals surface area (Å²) in [5.74, 6) is 0. The Morgan fingerprint density at radius 1 is 1.32 bits per heavy atom. The number of nitrogens with one attached hydrogen (secondary N) is 1. The van der Waals surface area contributed by atoms with Crippen molar-refractivity contribution >= 4 is 5.69 Å². The van der Waals surface area contributed by atoms with E-state index < -0.39 is 11.7 Å². The largest absolute Gasteiger partial charge is 0.418 e. The number of alkyl halides is 3. The summed E-state index contributed by atoms with van der Waals surface area (Å²) in [6, 6.07) is 5.00. The molecule has 7 heteroatoms. The van der Waals surface area contributed by atoms with Crippen LogP contribution in [0.2, 0.25) is 0 Å². The highest BCUT2D eigenvalue weighted by atomic mass is 19.4. The summed E-state index contributed by atoms with van der Waals surface area (Å²) in [4.78, 5) is 0. The lowest BCUT2D eigenvalue weighted by Crippen LogP contribution is -2.15. The van der Waals surface area contributed by atoms with Gasteiger partial charge in [-0.25, -0.2) is 0 Å². The molecule has 1 aromatic rings. The number of halogens is 3. The predicted octanol–water partition coefficient (Wildman–Crippen LogP) is 2.00. The van der Waals surface area contributed by atoms with Crippen LogP contribution in [0.15, 0.2) is 18.2 Å². The number of ether oxygens (including phenoxy) is 1. The minimum Gasteiger partial charge on any atom is -0.394 e. The Hall–Kier alpha value is -1.78. The van der Waals surface area contributed by atoms with Crippen LogP contribution in [-0.2, 0) is 10.9 Å². The summed E-state index contributed by atoms with van der Waals surface area (Å²) in [5, 5.41) is 19.7. The Balaban J connectivity index is 2.74. The third-order valence-corrected chi connectivity index (χ3v) is 2.25. The molecule has 0 radical (unpaired) electrons. The van der Waals surface area contributed by atoms with Gasteiger partial charge in [-0.05, 0) is 18.2 Å². The molecule has 0 aliphatic heterocycles. The normalized spacial score (nSPS) is 11.1. The zero-order valence-electron chi connectivity index (χ0n) is 10.00. The van der Waals surface area contributed by atoms with E-state index in [1.165, 1.54) is 12.1 Å². The van der Waals surface area contributed by atoms with Crippen molar-refractivity contribution in [1.29, 1.82) is 5.26 Å². The predicted molar refractivity (Wildman–Crippen MR) is 62.6 cm³/mol. The number of nitrogens with zero attached hydrogens (tertiary/aromatic N) is 1. The third-order valence-electron chi connectivity index (χ3n) is 2.25. The fourth-order valence-corrected chi connectivity index (χ4v) is 1.43. The van der Waals surface area contributed by atoms with Gasteiger partial charge in [-0.15, -0.1) is 0 Å². The number of aliphatic hydroxyl groups is 1. The molecule has 0 fully saturated rings. The average Bonchev–Trinajstić information content (AvgIpc) is 2.37. The molecule has 0 aromatic heterocycles. The van der Waals surface area contributed by atoms with Gasteiger partial charge in [0.05, 0.1) is 37.0 Å². The molecular formula is C12H13F3N2O2. The quantitative estimate of drug-likeness (QED) is 0.779. The molecule has 4 nitrogen and oxygen atoms in total. The highest BCUT2D eigenvalue weighted by Crippen LogP contribution is 2.35. The summed E-state index contributed by atoms with van der Waals surface area (Å²) < 4.78 is 43.3. The van der Waals surface area contributed by atoms with E-state index in [0.29, 0.717) is 0 Å². The van der Waals surface area contributed by atoms with Gasteiger partial charge in [-0.3, -0.25) is 0 Å². The molecule has 19 heavy (non-hydrogen) atoms. The zero-order valence-corrected chi connectivity index (χ0v) is 10.00. The van der Waals surface area contributed by atoms with E-state index in [0.717, 1.165) is 6.07 Å². The summed E-state index contributed by atoms with van der Waals surface area (Å²) in [6.07, 6.45) is -4.53. The number of hydrogen-bond donors (Lipinski definition) is 2. The molecule has 0 heterocycles. The van der Waals surface area contributed by atoms with E-state index in [4.69, 9.17) is 15.1 Å². The molecule has 0 unspecified atom stereocenters. The topological polar surface area (TPSA) is 65.3 Å². The molecule has 0 spiro atoms. The van der Waals surface area contributed by atoms with Crippen LogP contribution in [0, 0.1) is 11.3 Å². The number of aliphatic hydroxyl groups excluding tert-OH is 1. The van der Waals surface area contributed by atoms with Gasteiger partial charge in [0.2, 0.25) is 0 Å². The molecule has 0 saturated heterocycles. The van der Waals surface area contributed by atoms with Crippen LogP contribution in [-0.4, -0.2) is 31.5 Å². The maximum Gasteiger partial charge on any atom is 0.418 e. The lowest BCUT2D eigenvalue weighted by molar-refractivity contribution is -0.137. The van der Waals surface area contributed by atoms with Crippen molar-refractivity contribution in [2.75, 3.05) is 31.7 Å². The Morgan fingerprint density at radius 2 is 2.05 bits per heavy atom. The first-order valence-corrected chi connectivity index (χ1v) is 5.53. The summed E-state index contributed by atoms with van der Waals surface area (Å²) >= 11 is 0. The van der Waals surface area contributed by atoms with Gasteiger partial charge in [-0.1, -0.05) is 0 Å². The van der Waals surface area contributed by atoms with Gasteiger partial charge in [0.15, 0.2) is 0 Å². The van der Waals surface area contributed by atoms with Crippen LogP contribution in [0.3, 0.4) is 0 Å². The Bertz CT molecular complexity index is 455. The van der Waals surface area contributed by atoms with Crippen molar-refractivity contribution in [3.8, 4) is 6.07 Å². The van der Waals surface area contributed by atoms with Crippen molar-refractivity contribution in [2.24, 2.45) is 0 Å². The number of rotatable bonds is 6. The van der Waals surface area contributed by atoms with Crippen molar-refractivity contribution in [3.63, 3.8) is 0 Å². The monoisotopic (exact) mass is 274 g/mol. The van der Waals surface area contributed by atoms with Crippen molar-refractivity contribution in [2.45, 2.75) is 6.18 Å². The van der Waals surface area contributed by atoms with Gasteiger partial charge >= 0.3 is 6.18 Å². The molecule has 0 bridgehead atoms. The molecule has 0 aliphatic rings. The molecule has 0 aliphatic carbocycles. The van der Waals surface area contributed by atoms with Gasteiger partial charge in [-0.2, -0.15) is 18.4 Å². The first kappa shape index (κ1) is 15.3. The van der Waals surface area contributed by atoms with Gasteiger partial charge in [0, 0.05) is 12.2 Å². The van der Waals surface area contributed by atoms with E-state index in [9.17, 15) is 13.2 Å². The molecule has 0 atom stereocenters. The smallest absolute Gasteiger partial charge is 0.394 e. The Kier molecular flexibility index (Phi) is 5.60. The maximum atomic E-state index is 12.8. The van der Waals surface area contributed by atoms with Crippen LogP contribution in [0.4, 0.5) is 18.9 Å². The maximum absolute atomic E-state index is 12.8. The Labute approximate surface area is 108 Å². The first-order chi connectivity index (χ1) is 8.99. The summed E-state index contributed by atoms with van der Waals surface area (Å²) in [5.41, 5.74) is -1.03. The summed E-state index contributed by atoms with van der Waals surface area (Å²) in [6.45, 7) is 0.360. The average molecular weight is 274 g/mol. The standard InChI is InChI=1S/C12H13F3N2O2/c13-12(14,15)10-7-9(8-16)1-2-11(10)17-3-5-19-6-4-18/h1-2,7,17-18H,3-6H2. The third kappa shape index (κ3) is 4.77. The van der Waals surface area contributed by atoms with E-state index >= 15 is 0 Å². The van der Waals surface area contributed by atoms with Gasteiger partial charge in [0.25, 0.3) is 0 Å². The van der Waals surface area contributed by atoms with Crippen molar-refractivity contribution in [1.82, 2.24) is 0 Å². The SMILES string of the molecule is N#Cc1ccc(NCCOCCO)c(C(F)(F)F)c1. The van der Waals surface area contributed by atoms with Crippen LogP contribution >= 0.6 is 0 Å². The molecule has 0 amide bonds. The van der Waals surface area contributed by atoms with Crippen molar-refractivity contribution < 1.29 is 23.0 Å². The fraction of sp³-hybridized carbons (Fsp3) is 0.417. The lowest BCUT2D eigenvalue weighted by Gasteiger charge is -2.14. The summed E-state index contributed by atoms with van der Waals surface area (Å²) in [7, 11) is 0. The second kappa shape index (κ2) is 6.97. The molecule has 1 aromatic carbocycles. The number of benzene rings is 1. The van der Waals surface area contributed by atoms with Crippen molar-refractivity contribution in [3.05, 3.63) is 29.3 Å². The lowest BCUT2D eigenvalue weighted by atomic mass is 10.1. The molecule has 104 valence electrons. The van der Waals surface area contributed by atoms with Gasteiger partial charge < -0.3 is 15.2 Å². The highest BCUT2D eigenvalue weighted by molar-refractivity contribution is 5.56. The van der Waals surface area contributed by atoms with Crippen LogP contribution in [0.5, 0.6) is 0 Å². The fourth-order valence-electron chi connectivity index (χ4n) is 1.43. The Morgan fingerprint density at radius 3 is 2.63 bits per heavy atom. The van der Waals surface area contributed by atoms with Crippen LogP contribution in [0.1, 0.15) is 11.1 Å². The minimum atomic E-state index is -4.53. The van der Waals surface area contributed by atoms with E-state index in [1.807, 2.05) is 0 Å². The van der Waals surface area contributed by atoms with E-state index in [-0.39, 0.29) is 37.6 Å². The van der Waals surface area contributed by atoms with E-state index in [1.54, 1.807) is 6.07 Å². The van der Waals surface area contributed by atoms with Crippen LogP contribution in [0.25, 0.3) is 0 Å². The first-order valence-electron chi connectivity index (χ1n) is 5.53. The molecule has 0 saturated carbocycles. The number of hydrogen-bond acceptors (Lipinski definition) is 4. The highest BCUT2D eigenvalue weighted by Gasteiger charge is 2.33. The van der Waals surface area contributed by atoms with E-state index in [2.05, 4.69) is 5.32 Å². The molecular weight excluding hydrogens is 261 g/mol. The zero-order chi connectivity index (χ0) is 14.3. The second-order valence-electron chi connectivity index (χ2n) is 3.63. The number of anilines is 1. The second-order valence-corrected chi connectivity index (χ2v) is 3.63. The number of nitriles is 1.